The average Bonchev–Trinajstić information content (AvgIpc) is 2.19. The zero-order chi connectivity index (χ0) is 9.52. The van der Waals surface area contributed by atoms with Gasteiger partial charge in [-0.2, -0.15) is 6.57 Å². The molecule has 66 valence electrons. The van der Waals surface area contributed by atoms with E-state index in [9.17, 15) is 0 Å². The van der Waals surface area contributed by atoms with Gasteiger partial charge in [0, 0.05) is 24.5 Å². The van der Waals surface area contributed by atoms with Crippen LogP contribution in [0.3, 0.4) is 0 Å². The van der Waals surface area contributed by atoms with Gasteiger partial charge in [0.2, 0.25) is 0 Å². The molecule has 0 atom stereocenters. The van der Waals surface area contributed by atoms with Crippen molar-refractivity contribution in [1.82, 2.24) is 4.98 Å². The Kier molecular flexibility index (Phi) is 3.45. The fraction of sp³-hybridized carbons (Fsp3) is 0.222. The molecule has 0 fully saturated rings. The summed E-state index contributed by atoms with van der Waals surface area (Å²) in [6.07, 6.45) is 4.09. The molecule has 0 bridgehead atoms. The van der Waals surface area contributed by atoms with Gasteiger partial charge < -0.3 is 5.32 Å². The number of aromatic nitrogens is 1. The molecule has 0 amide bonds. The van der Waals surface area contributed by atoms with Crippen LogP contribution in [0.5, 0.6) is 0 Å². The summed E-state index contributed by atoms with van der Waals surface area (Å²) in [4.78, 5) is 6.85. The van der Waals surface area contributed by atoms with Gasteiger partial charge in [-0.25, -0.2) is 0 Å². The molecule has 13 heavy (non-hydrogen) atoms. The molecule has 0 aromatic carbocycles. The SMILES string of the molecule is [C-]#[N+]/N=C(\CC)Nc1ccncc1. The number of hydrogen-bond donors (Lipinski definition) is 1. The number of pyridine rings is 1. The predicted octanol–water partition coefficient (Wildman–Crippen LogP) is 2.14. The molecule has 0 unspecified atom stereocenters. The summed E-state index contributed by atoms with van der Waals surface area (Å²) >= 11 is 0. The lowest BCUT2D eigenvalue weighted by Gasteiger charge is -2.02. The molecule has 1 aromatic heterocycles. The van der Waals surface area contributed by atoms with E-state index >= 15 is 0 Å². The van der Waals surface area contributed by atoms with E-state index < -0.39 is 0 Å². The highest BCUT2D eigenvalue weighted by atomic mass is 15.2. The lowest BCUT2D eigenvalue weighted by Crippen LogP contribution is -2.09. The van der Waals surface area contributed by atoms with Crippen molar-refractivity contribution >= 4 is 11.5 Å². The van der Waals surface area contributed by atoms with Crippen LogP contribution in [-0.4, -0.2) is 10.8 Å². The van der Waals surface area contributed by atoms with E-state index in [4.69, 9.17) is 6.57 Å². The molecular formula is C9H10N4. The first-order valence-corrected chi connectivity index (χ1v) is 3.97. The largest absolute Gasteiger partial charge is 0.338 e. The first-order chi connectivity index (χ1) is 6.36. The van der Waals surface area contributed by atoms with Crippen LogP contribution >= 0.6 is 0 Å². The van der Waals surface area contributed by atoms with E-state index in [0.29, 0.717) is 12.3 Å². The highest BCUT2D eigenvalue weighted by molar-refractivity contribution is 5.95. The van der Waals surface area contributed by atoms with Crippen LogP contribution in [0.15, 0.2) is 29.6 Å². The lowest BCUT2D eigenvalue weighted by atomic mass is 10.3. The van der Waals surface area contributed by atoms with E-state index in [0.717, 1.165) is 5.69 Å². The van der Waals surface area contributed by atoms with Crippen molar-refractivity contribution < 1.29 is 0 Å². The zero-order valence-electron chi connectivity index (χ0n) is 7.36. The second-order valence-corrected chi connectivity index (χ2v) is 2.36. The minimum atomic E-state index is 0.668. The molecular weight excluding hydrogens is 164 g/mol. The summed E-state index contributed by atoms with van der Waals surface area (Å²) in [5.74, 6) is 0.668. The van der Waals surface area contributed by atoms with E-state index in [-0.39, 0.29) is 0 Å². The summed E-state index contributed by atoms with van der Waals surface area (Å²) in [6, 6.07) is 3.66. The Hall–Kier alpha value is -1.89. The number of nitrogens with one attached hydrogen (secondary N) is 1. The minimum Gasteiger partial charge on any atom is -0.338 e. The van der Waals surface area contributed by atoms with Gasteiger partial charge in [0.05, 0.1) is 0 Å². The molecule has 0 saturated carbocycles. The van der Waals surface area contributed by atoms with Crippen LogP contribution in [0.4, 0.5) is 5.69 Å². The van der Waals surface area contributed by atoms with Crippen LogP contribution < -0.4 is 5.32 Å². The van der Waals surface area contributed by atoms with E-state index in [1.807, 2.05) is 19.1 Å². The van der Waals surface area contributed by atoms with Crippen LogP contribution in [0.1, 0.15) is 13.3 Å². The molecule has 1 rings (SSSR count). The second-order valence-electron chi connectivity index (χ2n) is 2.36. The van der Waals surface area contributed by atoms with Gasteiger partial charge in [-0.1, -0.05) is 6.92 Å². The average molecular weight is 174 g/mol. The van der Waals surface area contributed by atoms with Gasteiger partial charge in [0.25, 0.3) is 0 Å². The van der Waals surface area contributed by atoms with Crippen LogP contribution in [0.2, 0.25) is 0 Å². The van der Waals surface area contributed by atoms with Gasteiger partial charge in [0.15, 0.2) is 5.84 Å². The van der Waals surface area contributed by atoms with Crippen molar-refractivity contribution in [2.75, 3.05) is 5.32 Å². The molecule has 0 aliphatic carbocycles. The molecule has 0 radical (unpaired) electrons. The Bertz CT molecular complexity index is 323. The molecule has 1 N–H and O–H groups in total. The highest BCUT2D eigenvalue weighted by Crippen LogP contribution is 2.04. The molecule has 0 aliphatic rings. The van der Waals surface area contributed by atoms with E-state index in [1.165, 1.54) is 0 Å². The molecule has 0 aliphatic heterocycles. The summed E-state index contributed by atoms with van der Waals surface area (Å²) in [5.41, 5.74) is 0.902. The third-order valence-corrected chi connectivity index (χ3v) is 1.47. The topological polar surface area (TPSA) is 41.6 Å². The van der Waals surface area contributed by atoms with Gasteiger partial charge in [0.1, 0.15) is 5.10 Å². The van der Waals surface area contributed by atoms with E-state index in [1.54, 1.807) is 12.4 Å². The fourth-order valence-electron chi connectivity index (χ4n) is 0.846. The Morgan fingerprint density at radius 3 is 2.85 bits per heavy atom. The molecule has 1 aromatic rings. The summed E-state index contributed by atoms with van der Waals surface area (Å²) in [6.45, 7) is 8.53. The highest BCUT2D eigenvalue weighted by Gasteiger charge is 1.98. The standard InChI is InChI=1S/C9H10N4/c1-3-9(13-10-2)12-8-4-6-11-7-5-8/h4-7H,3H2,1H3,(H,11,12,13). The van der Waals surface area contributed by atoms with Crippen LogP contribution in [-0.2, 0) is 0 Å². The number of rotatable bonds is 2. The number of hydrogen-bond acceptors (Lipinski definition) is 2. The number of amidine groups is 1. The van der Waals surface area contributed by atoms with Gasteiger partial charge in [-0.15, -0.1) is 4.95 Å². The smallest absolute Gasteiger partial charge is 0.189 e. The Balaban J connectivity index is 2.69. The first kappa shape index (κ1) is 9.20. The van der Waals surface area contributed by atoms with Crippen molar-refractivity contribution in [3.8, 4) is 0 Å². The minimum absolute atomic E-state index is 0.668. The van der Waals surface area contributed by atoms with Gasteiger partial charge in [-0.05, 0) is 12.1 Å². The number of nitrogens with zero attached hydrogens (tertiary/aromatic N) is 3. The summed E-state index contributed by atoms with van der Waals surface area (Å²) in [5, 5.41) is 6.64. The van der Waals surface area contributed by atoms with E-state index in [2.05, 4.69) is 20.4 Å². The molecule has 0 spiro atoms. The third kappa shape index (κ3) is 2.91. The van der Waals surface area contributed by atoms with Gasteiger partial charge >= 0.3 is 0 Å². The summed E-state index contributed by atoms with van der Waals surface area (Å²) in [7, 11) is 0. The molecule has 4 nitrogen and oxygen atoms in total. The summed E-state index contributed by atoms with van der Waals surface area (Å²) < 4.78 is 0. The van der Waals surface area contributed by atoms with Crippen LogP contribution in [0, 0.1) is 6.57 Å². The van der Waals surface area contributed by atoms with Crippen molar-refractivity contribution in [2.45, 2.75) is 13.3 Å². The maximum atomic E-state index is 6.59. The normalized spacial score (nSPS) is 10.6. The monoisotopic (exact) mass is 174 g/mol. The van der Waals surface area contributed by atoms with Crippen molar-refractivity contribution in [1.29, 1.82) is 0 Å². The Morgan fingerprint density at radius 1 is 1.62 bits per heavy atom. The second kappa shape index (κ2) is 4.88. The number of anilines is 1. The van der Waals surface area contributed by atoms with Crippen molar-refractivity contribution in [3.63, 3.8) is 0 Å². The maximum absolute atomic E-state index is 6.59. The fourth-order valence-corrected chi connectivity index (χ4v) is 0.846. The van der Waals surface area contributed by atoms with Gasteiger partial charge in [-0.3, -0.25) is 4.98 Å². The predicted molar refractivity (Wildman–Crippen MR) is 52.2 cm³/mol. The van der Waals surface area contributed by atoms with Crippen LogP contribution in [0.25, 0.3) is 4.95 Å². The zero-order valence-corrected chi connectivity index (χ0v) is 7.36. The first-order valence-electron chi connectivity index (χ1n) is 3.97. The molecule has 1 heterocycles. The third-order valence-electron chi connectivity index (χ3n) is 1.47. The maximum Gasteiger partial charge on any atom is 0.189 e. The molecule has 4 heteroatoms. The lowest BCUT2D eigenvalue weighted by molar-refractivity contribution is 1.25. The Labute approximate surface area is 77.1 Å². The quantitative estimate of drug-likeness (QED) is 0.323. The van der Waals surface area contributed by atoms with Crippen molar-refractivity contribution in [2.24, 2.45) is 5.10 Å². The van der Waals surface area contributed by atoms with Crippen molar-refractivity contribution in [3.05, 3.63) is 36.1 Å². The molecule has 0 saturated heterocycles. The Morgan fingerprint density at radius 2 is 2.31 bits per heavy atom.